The average molecular weight is 319 g/mol. The summed E-state index contributed by atoms with van der Waals surface area (Å²) in [4.78, 5) is 1.57. The third kappa shape index (κ3) is 8.36. The summed E-state index contributed by atoms with van der Waals surface area (Å²) < 4.78 is 37.1. The van der Waals surface area contributed by atoms with Crippen LogP contribution in [0.2, 0.25) is 0 Å². The van der Waals surface area contributed by atoms with Gasteiger partial charge >= 0.3 is 6.18 Å². The van der Waals surface area contributed by atoms with E-state index < -0.39 is 25.3 Å². The van der Waals surface area contributed by atoms with Crippen molar-refractivity contribution in [2.45, 2.75) is 32.0 Å². The molecule has 3 nitrogen and oxygen atoms in total. The maximum atomic E-state index is 12.4. The molecule has 1 rings (SSSR count). The van der Waals surface area contributed by atoms with Crippen molar-refractivity contribution >= 4 is 0 Å². The fraction of sp³-hybridized carbons (Fsp3) is 0.625. The lowest BCUT2D eigenvalue weighted by Gasteiger charge is -2.27. The Morgan fingerprint density at radius 1 is 1.14 bits per heavy atom. The minimum atomic E-state index is -4.22. The molecule has 0 fully saturated rings. The zero-order valence-corrected chi connectivity index (χ0v) is 12.8. The number of benzene rings is 1. The highest BCUT2D eigenvalue weighted by Gasteiger charge is 2.28. The van der Waals surface area contributed by atoms with Gasteiger partial charge in [-0.25, -0.2) is 0 Å². The van der Waals surface area contributed by atoms with Gasteiger partial charge in [-0.1, -0.05) is 37.3 Å². The first-order valence-electron chi connectivity index (χ1n) is 7.42. The number of aliphatic hydroxyl groups is 2. The van der Waals surface area contributed by atoms with Crippen molar-refractivity contribution in [3.05, 3.63) is 35.9 Å². The smallest absolute Gasteiger partial charge is 0.390 e. The van der Waals surface area contributed by atoms with Crippen LogP contribution in [0.1, 0.15) is 18.9 Å². The SMILES string of the molecule is CC(Cc1ccccc1)CN(CCC(F)(F)F)C[C@H](O)CO. The summed E-state index contributed by atoms with van der Waals surface area (Å²) >= 11 is 0. The maximum Gasteiger partial charge on any atom is 0.390 e. The fourth-order valence-electron chi connectivity index (χ4n) is 2.42. The van der Waals surface area contributed by atoms with Crippen molar-refractivity contribution in [1.82, 2.24) is 4.90 Å². The Labute approximate surface area is 129 Å². The van der Waals surface area contributed by atoms with Gasteiger partial charge in [-0.3, -0.25) is 0 Å². The van der Waals surface area contributed by atoms with E-state index in [0.29, 0.717) is 6.54 Å². The lowest BCUT2D eigenvalue weighted by molar-refractivity contribution is -0.139. The second kappa shape index (κ2) is 9.12. The van der Waals surface area contributed by atoms with Crippen LogP contribution in [0.3, 0.4) is 0 Å². The second-order valence-corrected chi connectivity index (χ2v) is 5.76. The monoisotopic (exact) mass is 319 g/mol. The lowest BCUT2D eigenvalue weighted by Crippen LogP contribution is -2.39. The molecule has 22 heavy (non-hydrogen) atoms. The number of hydrogen-bond donors (Lipinski definition) is 2. The summed E-state index contributed by atoms with van der Waals surface area (Å²) in [5, 5.41) is 18.4. The van der Waals surface area contributed by atoms with Gasteiger partial charge in [0.15, 0.2) is 0 Å². The number of alkyl halides is 3. The van der Waals surface area contributed by atoms with Crippen LogP contribution in [0.5, 0.6) is 0 Å². The molecule has 0 aliphatic heterocycles. The molecule has 0 aliphatic rings. The van der Waals surface area contributed by atoms with Crippen LogP contribution in [0.4, 0.5) is 13.2 Å². The highest BCUT2D eigenvalue weighted by atomic mass is 19.4. The Kier molecular flexibility index (Phi) is 7.85. The van der Waals surface area contributed by atoms with E-state index in [2.05, 4.69) is 0 Å². The van der Waals surface area contributed by atoms with Crippen LogP contribution in [0, 0.1) is 5.92 Å². The second-order valence-electron chi connectivity index (χ2n) is 5.76. The molecule has 2 N–H and O–H groups in total. The molecule has 1 unspecified atom stereocenters. The molecular weight excluding hydrogens is 295 g/mol. The van der Waals surface area contributed by atoms with Gasteiger partial charge in [0, 0.05) is 19.6 Å². The molecule has 126 valence electrons. The van der Waals surface area contributed by atoms with E-state index in [1.807, 2.05) is 37.3 Å². The molecule has 0 radical (unpaired) electrons. The molecule has 6 heteroatoms. The first kappa shape index (κ1) is 18.9. The minimum Gasteiger partial charge on any atom is -0.394 e. The predicted octanol–water partition coefficient (Wildman–Crippen LogP) is 2.47. The van der Waals surface area contributed by atoms with Gasteiger partial charge in [0.25, 0.3) is 0 Å². The summed E-state index contributed by atoms with van der Waals surface area (Å²) in [6.07, 6.45) is -5.38. The third-order valence-corrected chi connectivity index (χ3v) is 3.39. The highest BCUT2D eigenvalue weighted by molar-refractivity contribution is 5.15. The normalized spacial score (nSPS) is 15.0. The summed E-state index contributed by atoms with van der Waals surface area (Å²) in [7, 11) is 0. The molecule has 0 spiro atoms. The highest BCUT2D eigenvalue weighted by Crippen LogP contribution is 2.20. The fourth-order valence-corrected chi connectivity index (χ4v) is 2.42. The van der Waals surface area contributed by atoms with Crippen LogP contribution in [0.25, 0.3) is 0 Å². The van der Waals surface area contributed by atoms with Crippen molar-refractivity contribution in [2.24, 2.45) is 5.92 Å². The first-order valence-corrected chi connectivity index (χ1v) is 7.42. The van der Waals surface area contributed by atoms with Crippen molar-refractivity contribution in [2.75, 3.05) is 26.2 Å². The van der Waals surface area contributed by atoms with Gasteiger partial charge in [0.2, 0.25) is 0 Å². The van der Waals surface area contributed by atoms with Crippen molar-refractivity contribution in [1.29, 1.82) is 0 Å². The molecule has 0 heterocycles. The topological polar surface area (TPSA) is 43.7 Å². The number of aliphatic hydroxyl groups excluding tert-OH is 2. The molecule has 1 aromatic rings. The Hall–Kier alpha value is -1.11. The number of nitrogens with zero attached hydrogens (tertiary/aromatic N) is 1. The molecule has 0 amide bonds. The molecule has 0 saturated carbocycles. The zero-order valence-electron chi connectivity index (χ0n) is 12.8. The van der Waals surface area contributed by atoms with Gasteiger partial charge in [-0.2, -0.15) is 13.2 Å². The minimum absolute atomic E-state index is 0.0473. The standard InChI is InChI=1S/C16H24F3NO2/c1-13(9-14-5-3-2-4-6-14)10-20(11-15(22)12-21)8-7-16(17,18)19/h2-6,13,15,21-22H,7-12H2,1H3/t13?,15-/m0/s1. The molecule has 0 saturated heterocycles. The summed E-state index contributed by atoms with van der Waals surface area (Å²) in [5.41, 5.74) is 1.13. The van der Waals surface area contributed by atoms with E-state index in [9.17, 15) is 18.3 Å². The largest absolute Gasteiger partial charge is 0.394 e. The quantitative estimate of drug-likeness (QED) is 0.735. The molecule has 2 atom stereocenters. The Bertz CT molecular complexity index is 412. The average Bonchev–Trinajstić information content (AvgIpc) is 2.44. The van der Waals surface area contributed by atoms with Gasteiger partial charge in [-0.15, -0.1) is 0 Å². The maximum absolute atomic E-state index is 12.4. The summed E-state index contributed by atoms with van der Waals surface area (Å²) in [6.45, 7) is 1.85. The van der Waals surface area contributed by atoms with Gasteiger partial charge < -0.3 is 15.1 Å². The van der Waals surface area contributed by atoms with Gasteiger partial charge in [0.05, 0.1) is 19.1 Å². The van der Waals surface area contributed by atoms with E-state index in [1.54, 1.807) is 4.90 Å². The predicted molar refractivity (Wildman–Crippen MR) is 79.5 cm³/mol. The number of hydrogen-bond acceptors (Lipinski definition) is 3. The van der Waals surface area contributed by atoms with Crippen LogP contribution >= 0.6 is 0 Å². The Balaban J connectivity index is 2.54. The summed E-state index contributed by atoms with van der Waals surface area (Å²) in [5.74, 6) is 0.154. The van der Waals surface area contributed by atoms with E-state index >= 15 is 0 Å². The van der Waals surface area contributed by atoms with Crippen LogP contribution < -0.4 is 0 Å². The van der Waals surface area contributed by atoms with E-state index in [0.717, 1.165) is 12.0 Å². The van der Waals surface area contributed by atoms with Crippen molar-refractivity contribution in [3.8, 4) is 0 Å². The molecule has 0 bridgehead atoms. The molecule has 0 aliphatic carbocycles. The molecule has 0 aromatic heterocycles. The van der Waals surface area contributed by atoms with Gasteiger partial charge in [-0.05, 0) is 17.9 Å². The van der Waals surface area contributed by atoms with E-state index in [-0.39, 0.29) is 19.0 Å². The molecular formula is C16H24F3NO2. The van der Waals surface area contributed by atoms with Crippen molar-refractivity contribution < 1.29 is 23.4 Å². The van der Waals surface area contributed by atoms with E-state index in [4.69, 9.17) is 5.11 Å². The lowest BCUT2D eigenvalue weighted by atomic mass is 10.0. The van der Waals surface area contributed by atoms with Crippen molar-refractivity contribution in [3.63, 3.8) is 0 Å². The van der Waals surface area contributed by atoms with E-state index in [1.165, 1.54) is 0 Å². The first-order chi connectivity index (χ1) is 10.3. The number of rotatable bonds is 9. The van der Waals surface area contributed by atoms with Crippen LogP contribution in [-0.2, 0) is 6.42 Å². The van der Waals surface area contributed by atoms with Crippen LogP contribution in [-0.4, -0.2) is 53.6 Å². The summed E-state index contributed by atoms with van der Waals surface area (Å²) in [6, 6.07) is 9.75. The van der Waals surface area contributed by atoms with Gasteiger partial charge in [0.1, 0.15) is 0 Å². The van der Waals surface area contributed by atoms with Crippen LogP contribution in [0.15, 0.2) is 30.3 Å². The number of halogens is 3. The molecule has 1 aromatic carbocycles. The Morgan fingerprint density at radius 2 is 1.77 bits per heavy atom. The third-order valence-electron chi connectivity index (χ3n) is 3.39. The zero-order chi connectivity index (χ0) is 16.6. The Morgan fingerprint density at radius 3 is 2.32 bits per heavy atom.